The minimum absolute atomic E-state index is 0.0707. The Balaban J connectivity index is 1.45. The molecule has 2 fully saturated rings. The molecular weight excluding hydrogens is 302 g/mol. The van der Waals surface area contributed by atoms with E-state index in [1.165, 1.54) is 5.56 Å². The summed E-state index contributed by atoms with van der Waals surface area (Å²) in [6.07, 6.45) is 2.24. The van der Waals surface area contributed by atoms with Crippen molar-refractivity contribution in [1.29, 1.82) is 0 Å². The van der Waals surface area contributed by atoms with Gasteiger partial charge in [-0.05, 0) is 55.8 Å². The maximum atomic E-state index is 12.4. The normalized spacial score (nSPS) is 23.6. The van der Waals surface area contributed by atoms with Crippen LogP contribution in [0.4, 0.5) is 4.79 Å². The molecule has 0 radical (unpaired) electrons. The van der Waals surface area contributed by atoms with Gasteiger partial charge in [0.1, 0.15) is 0 Å². The van der Waals surface area contributed by atoms with Gasteiger partial charge in [0.15, 0.2) is 0 Å². The molecular formula is C19H29N3O2. The first-order chi connectivity index (χ1) is 11.8. The van der Waals surface area contributed by atoms with E-state index in [4.69, 9.17) is 4.74 Å². The molecule has 0 saturated carbocycles. The third kappa shape index (κ3) is 4.48. The minimum atomic E-state index is 0.0707. The fraction of sp³-hybridized carbons (Fsp3) is 0.632. The van der Waals surface area contributed by atoms with Gasteiger partial charge in [-0.2, -0.15) is 0 Å². The Kier molecular flexibility index (Phi) is 6.10. The van der Waals surface area contributed by atoms with E-state index in [0.29, 0.717) is 13.2 Å². The number of rotatable bonds is 5. The highest BCUT2D eigenvalue weighted by Gasteiger charge is 2.31. The Morgan fingerprint density at radius 1 is 1.17 bits per heavy atom. The zero-order chi connectivity index (χ0) is 16.8. The number of carbonyl (C=O) groups excluding carboxylic acids is 1. The molecule has 0 unspecified atom stereocenters. The monoisotopic (exact) mass is 331 g/mol. The van der Waals surface area contributed by atoms with Crippen molar-refractivity contribution >= 4 is 6.03 Å². The summed E-state index contributed by atoms with van der Waals surface area (Å²) in [4.78, 5) is 14.4. The number of hydrogen-bond donors (Lipinski definition) is 2. The van der Waals surface area contributed by atoms with Gasteiger partial charge in [-0.15, -0.1) is 0 Å². The molecule has 2 amide bonds. The lowest BCUT2D eigenvalue weighted by Gasteiger charge is -2.21. The standard InChI is InChI=1S/C19H29N3O2/c1-2-24-14-16-5-3-15(4-6-16)11-21-19(23)22-9-7-17-12-20-13-18(17)8-10-22/h3-6,17-18,20H,2,7-14H2,1H3,(H,21,23)/t17-,18+. The van der Waals surface area contributed by atoms with Gasteiger partial charge in [0, 0.05) is 26.2 Å². The van der Waals surface area contributed by atoms with Gasteiger partial charge in [-0.1, -0.05) is 24.3 Å². The Bertz CT molecular complexity index is 518. The van der Waals surface area contributed by atoms with E-state index in [1.807, 2.05) is 11.8 Å². The van der Waals surface area contributed by atoms with Crippen molar-refractivity contribution < 1.29 is 9.53 Å². The van der Waals surface area contributed by atoms with Crippen molar-refractivity contribution in [3.63, 3.8) is 0 Å². The summed E-state index contributed by atoms with van der Waals surface area (Å²) in [5.41, 5.74) is 2.29. The number of fused-ring (bicyclic) bond motifs is 1. The second-order valence-corrected chi connectivity index (χ2v) is 6.86. The molecule has 2 atom stereocenters. The summed E-state index contributed by atoms with van der Waals surface area (Å²) >= 11 is 0. The van der Waals surface area contributed by atoms with Gasteiger partial charge < -0.3 is 20.3 Å². The van der Waals surface area contributed by atoms with E-state index in [0.717, 1.165) is 63.0 Å². The van der Waals surface area contributed by atoms with Crippen LogP contribution in [0.2, 0.25) is 0 Å². The summed E-state index contributed by atoms with van der Waals surface area (Å²) < 4.78 is 5.40. The summed E-state index contributed by atoms with van der Waals surface area (Å²) in [5, 5.41) is 6.54. The first kappa shape index (κ1) is 17.2. The Morgan fingerprint density at radius 3 is 2.42 bits per heavy atom. The summed E-state index contributed by atoms with van der Waals surface area (Å²) in [6.45, 7) is 7.95. The average molecular weight is 331 g/mol. The van der Waals surface area contributed by atoms with Crippen LogP contribution in [0, 0.1) is 11.8 Å². The molecule has 0 aliphatic carbocycles. The van der Waals surface area contributed by atoms with E-state index >= 15 is 0 Å². The molecule has 2 N–H and O–H groups in total. The van der Waals surface area contributed by atoms with Gasteiger partial charge >= 0.3 is 6.03 Å². The van der Waals surface area contributed by atoms with Crippen molar-refractivity contribution in [2.75, 3.05) is 32.8 Å². The predicted molar refractivity (Wildman–Crippen MR) is 94.7 cm³/mol. The molecule has 1 aromatic rings. The van der Waals surface area contributed by atoms with Gasteiger partial charge in [-0.3, -0.25) is 0 Å². The summed E-state index contributed by atoms with van der Waals surface area (Å²) in [5.74, 6) is 1.50. The lowest BCUT2D eigenvalue weighted by atomic mass is 9.92. The summed E-state index contributed by atoms with van der Waals surface area (Å²) in [7, 11) is 0. The Morgan fingerprint density at radius 2 is 1.79 bits per heavy atom. The second kappa shape index (κ2) is 8.49. The number of carbonyl (C=O) groups is 1. The molecule has 2 aliphatic heterocycles. The Labute approximate surface area is 144 Å². The van der Waals surface area contributed by atoms with Crippen molar-refractivity contribution in [1.82, 2.24) is 15.5 Å². The molecule has 1 aromatic carbocycles. The maximum absolute atomic E-state index is 12.4. The lowest BCUT2D eigenvalue weighted by molar-refractivity contribution is 0.134. The van der Waals surface area contributed by atoms with Gasteiger partial charge in [0.25, 0.3) is 0 Å². The van der Waals surface area contributed by atoms with Crippen molar-refractivity contribution in [2.45, 2.75) is 32.9 Å². The van der Waals surface area contributed by atoms with Gasteiger partial charge in [-0.25, -0.2) is 4.79 Å². The fourth-order valence-corrected chi connectivity index (χ4v) is 3.68. The van der Waals surface area contributed by atoms with E-state index < -0.39 is 0 Å². The van der Waals surface area contributed by atoms with Crippen molar-refractivity contribution in [2.24, 2.45) is 11.8 Å². The molecule has 5 nitrogen and oxygen atoms in total. The molecule has 5 heteroatoms. The number of benzene rings is 1. The number of amides is 2. The number of ether oxygens (including phenoxy) is 1. The third-order valence-electron chi connectivity index (χ3n) is 5.25. The highest BCUT2D eigenvalue weighted by molar-refractivity contribution is 5.74. The van der Waals surface area contributed by atoms with Crippen LogP contribution < -0.4 is 10.6 Å². The van der Waals surface area contributed by atoms with E-state index in [9.17, 15) is 4.79 Å². The van der Waals surface area contributed by atoms with E-state index in [1.54, 1.807) is 0 Å². The second-order valence-electron chi connectivity index (χ2n) is 6.86. The fourth-order valence-electron chi connectivity index (χ4n) is 3.68. The van der Waals surface area contributed by atoms with Crippen LogP contribution in [-0.2, 0) is 17.9 Å². The van der Waals surface area contributed by atoms with Crippen LogP contribution in [-0.4, -0.2) is 43.7 Å². The van der Waals surface area contributed by atoms with Gasteiger partial charge in [0.05, 0.1) is 6.61 Å². The minimum Gasteiger partial charge on any atom is -0.377 e. The maximum Gasteiger partial charge on any atom is 0.317 e. The smallest absolute Gasteiger partial charge is 0.317 e. The van der Waals surface area contributed by atoms with Crippen LogP contribution in [0.15, 0.2) is 24.3 Å². The number of nitrogens with zero attached hydrogens (tertiary/aromatic N) is 1. The highest BCUT2D eigenvalue weighted by Crippen LogP contribution is 2.27. The van der Waals surface area contributed by atoms with Crippen molar-refractivity contribution in [3.8, 4) is 0 Å². The van der Waals surface area contributed by atoms with Crippen molar-refractivity contribution in [3.05, 3.63) is 35.4 Å². The Hall–Kier alpha value is -1.59. The van der Waals surface area contributed by atoms with Crippen LogP contribution in [0.1, 0.15) is 30.9 Å². The SMILES string of the molecule is CCOCc1ccc(CNC(=O)N2CC[C@@H]3CNC[C@@H]3CC2)cc1. The number of nitrogens with one attached hydrogen (secondary N) is 2. The molecule has 2 heterocycles. The topological polar surface area (TPSA) is 53.6 Å². The van der Waals surface area contributed by atoms with Crippen LogP contribution in [0.3, 0.4) is 0 Å². The third-order valence-corrected chi connectivity index (χ3v) is 5.25. The average Bonchev–Trinajstić information content (AvgIpc) is 2.97. The largest absolute Gasteiger partial charge is 0.377 e. The number of hydrogen-bond acceptors (Lipinski definition) is 3. The zero-order valence-electron chi connectivity index (χ0n) is 14.6. The first-order valence-corrected chi connectivity index (χ1v) is 9.15. The van der Waals surface area contributed by atoms with E-state index in [-0.39, 0.29) is 6.03 Å². The van der Waals surface area contributed by atoms with Crippen LogP contribution in [0.25, 0.3) is 0 Å². The molecule has 2 aliphatic rings. The summed E-state index contributed by atoms with van der Waals surface area (Å²) in [6, 6.07) is 8.33. The molecule has 2 saturated heterocycles. The quantitative estimate of drug-likeness (QED) is 0.871. The molecule has 132 valence electrons. The first-order valence-electron chi connectivity index (χ1n) is 9.15. The predicted octanol–water partition coefficient (Wildman–Crippen LogP) is 2.36. The zero-order valence-corrected chi connectivity index (χ0v) is 14.6. The highest BCUT2D eigenvalue weighted by atomic mass is 16.5. The lowest BCUT2D eigenvalue weighted by Crippen LogP contribution is -2.40. The molecule has 0 bridgehead atoms. The number of urea groups is 1. The molecule has 24 heavy (non-hydrogen) atoms. The van der Waals surface area contributed by atoms with Crippen LogP contribution in [0.5, 0.6) is 0 Å². The van der Waals surface area contributed by atoms with E-state index in [2.05, 4.69) is 34.9 Å². The molecule has 0 spiro atoms. The molecule has 0 aromatic heterocycles. The van der Waals surface area contributed by atoms with Crippen LogP contribution >= 0.6 is 0 Å². The molecule has 3 rings (SSSR count). The van der Waals surface area contributed by atoms with Gasteiger partial charge in [0.2, 0.25) is 0 Å². The number of likely N-dealkylation sites (tertiary alicyclic amines) is 1.